The average Bonchev–Trinajstić information content (AvgIpc) is 2.46. The van der Waals surface area contributed by atoms with Crippen molar-refractivity contribution in [2.24, 2.45) is 0 Å². The van der Waals surface area contributed by atoms with Crippen molar-refractivity contribution in [3.8, 4) is 0 Å². The lowest BCUT2D eigenvalue weighted by Gasteiger charge is -2.38. The molecule has 0 radical (unpaired) electrons. The molecule has 1 aliphatic rings. The first-order chi connectivity index (χ1) is 9.83. The quantitative estimate of drug-likeness (QED) is 0.799. The van der Waals surface area contributed by atoms with E-state index in [1.165, 1.54) is 5.56 Å². The van der Waals surface area contributed by atoms with Gasteiger partial charge in [-0.2, -0.15) is 0 Å². The van der Waals surface area contributed by atoms with Gasteiger partial charge in [-0.1, -0.05) is 30.3 Å². The zero-order valence-corrected chi connectivity index (χ0v) is 11.1. The molecule has 0 atom stereocenters. The number of carbonyl (C=O) groups excluding carboxylic acids is 1. The van der Waals surface area contributed by atoms with Crippen LogP contribution in [0.3, 0.4) is 0 Å². The molecule has 0 bridgehead atoms. The van der Waals surface area contributed by atoms with Crippen LogP contribution < -0.4 is 0 Å². The van der Waals surface area contributed by atoms with Crippen molar-refractivity contribution < 1.29 is 4.79 Å². The third-order valence-electron chi connectivity index (χ3n) is 3.59. The summed E-state index contributed by atoms with van der Waals surface area (Å²) in [4.78, 5) is 17.9. The fourth-order valence-corrected chi connectivity index (χ4v) is 2.34. The molecule has 3 rings (SSSR count). The van der Waals surface area contributed by atoms with Crippen LogP contribution in [0, 0.1) is 0 Å². The number of rotatable bonds is 3. The smallest absolute Gasteiger partial charge is 0.246 e. The van der Waals surface area contributed by atoms with Crippen LogP contribution in [0.25, 0.3) is 6.08 Å². The van der Waals surface area contributed by atoms with Gasteiger partial charge in [0, 0.05) is 37.5 Å². The second-order valence-electron chi connectivity index (χ2n) is 4.96. The van der Waals surface area contributed by atoms with Crippen molar-refractivity contribution in [3.05, 3.63) is 72.1 Å². The molecule has 3 heteroatoms. The molecule has 1 saturated heterocycles. The molecule has 1 fully saturated rings. The number of hydrogen-bond donors (Lipinski definition) is 0. The van der Waals surface area contributed by atoms with Gasteiger partial charge in [0.15, 0.2) is 0 Å². The summed E-state index contributed by atoms with van der Waals surface area (Å²) in [5, 5.41) is 0. The first-order valence-corrected chi connectivity index (χ1v) is 6.75. The Morgan fingerprint density at radius 3 is 2.50 bits per heavy atom. The largest absolute Gasteiger partial charge is 0.338 e. The molecule has 2 heterocycles. The van der Waals surface area contributed by atoms with E-state index in [-0.39, 0.29) is 5.91 Å². The van der Waals surface area contributed by atoms with Gasteiger partial charge in [-0.3, -0.25) is 9.78 Å². The van der Waals surface area contributed by atoms with Crippen LogP contribution in [-0.4, -0.2) is 28.9 Å². The third kappa shape index (κ3) is 2.77. The van der Waals surface area contributed by atoms with Crippen LogP contribution in [0.2, 0.25) is 0 Å². The van der Waals surface area contributed by atoms with Crippen LogP contribution in [0.5, 0.6) is 0 Å². The molecular formula is C17H16N2O. The summed E-state index contributed by atoms with van der Waals surface area (Å²) in [6.07, 6.45) is 7.12. The van der Waals surface area contributed by atoms with Gasteiger partial charge in [-0.15, -0.1) is 0 Å². The molecule has 1 aliphatic heterocycles. The summed E-state index contributed by atoms with van der Waals surface area (Å²) >= 11 is 0. The van der Waals surface area contributed by atoms with E-state index < -0.39 is 0 Å². The Bertz CT molecular complexity index is 601. The van der Waals surface area contributed by atoms with Crippen molar-refractivity contribution in [1.82, 2.24) is 9.88 Å². The highest BCUT2D eigenvalue weighted by molar-refractivity contribution is 5.92. The predicted molar refractivity (Wildman–Crippen MR) is 79.0 cm³/mol. The minimum atomic E-state index is 0.0826. The summed E-state index contributed by atoms with van der Waals surface area (Å²) in [7, 11) is 0. The van der Waals surface area contributed by atoms with Gasteiger partial charge in [0.05, 0.1) is 0 Å². The standard InChI is InChI=1S/C17H16N2O/c20-17(7-6-14-4-2-1-3-5-14)19-12-16(13-19)15-8-10-18-11-9-15/h1-11,16H,12-13H2. The van der Waals surface area contributed by atoms with Crippen molar-refractivity contribution in [2.75, 3.05) is 13.1 Å². The molecule has 1 aromatic heterocycles. The Morgan fingerprint density at radius 2 is 1.80 bits per heavy atom. The summed E-state index contributed by atoms with van der Waals surface area (Å²) in [6.45, 7) is 1.59. The van der Waals surface area contributed by atoms with Crippen LogP contribution in [0.1, 0.15) is 17.0 Å². The van der Waals surface area contributed by atoms with Crippen molar-refractivity contribution >= 4 is 12.0 Å². The summed E-state index contributed by atoms with van der Waals surface area (Å²) < 4.78 is 0. The van der Waals surface area contributed by atoms with Crippen LogP contribution in [0.4, 0.5) is 0 Å². The molecule has 3 nitrogen and oxygen atoms in total. The monoisotopic (exact) mass is 264 g/mol. The normalized spacial score (nSPS) is 15.3. The van der Waals surface area contributed by atoms with Gasteiger partial charge in [0.1, 0.15) is 0 Å². The Hall–Kier alpha value is -2.42. The second kappa shape index (κ2) is 5.70. The topological polar surface area (TPSA) is 33.2 Å². The fraction of sp³-hybridized carbons (Fsp3) is 0.176. The van der Waals surface area contributed by atoms with E-state index in [4.69, 9.17) is 0 Å². The fourth-order valence-electron chi connectivity index (χ4n) is 2.34. The van der Waals surface area contributed by atoms with Crippen molar-refractivity contribution in [2.45, 2.75) is 5.92 Å². The lowest BCUT2D eigenvalue weighted by molar-refractivity contribution is -0.130. The summed E-state index contributed by atoms with van der Waals surface area (Å²) in [5.74, 6) is 0.534. The Morgan fingerprint density at radius 1 is 1.10 bits per heavy atom. The van der Waals surface area contributed by atoms with E-state index in [2.05, 4.69) is 4.98 Å². The molecule has 0 unspecified atom stereocenters. The minimum absolute atomic E-state index is 0.0826. The third-order valence-corrected chi connectivity index (χ3v) is 3.59. The Labute approximate surface area is 118 Å². The molecule has 0 aliphatic carbocycles. The number of amides is 1. The van der Waals surface area contributed by atoms with Gasteiger partial charge in [0.2, 0.25) is 5.91 Å². The van der Waals surface area contributed by atoms with Crippen molar-refractivity contribution in [1.29, 1.82) is 0 Å². The number of benzene rings is 1. The number of nitrogens with zero attached hydrogens (tertiary/aromatic N) is 2. The molecule has 1 aromatic carbocycles. The highest BCUT2D eigenvalue weighted by atomic mass is 16.2. The predicted octanol–water partition coefficient (Wildman–Crippen LogP) is 2.72. The van der Waals surface area contributed by atoms with E-state index in [0.717, 1.165) is 18.7 Å². The average molecular weight is 264 g/mol. The van der Waals surface area contributed by atoms with Gasteiger partial charge >= 0.3 is 0 Å². The van der Waals surface area contributed by atoms with Gasteiger partial charge in [0.25, 0.3) is 0 Å². The SMILES string of the molecule is O=C(C=Cc1ccccc1)N1CC(c2ccncc2)C1. The zero-order valence-electron chi connectivity index (χ0n) is 11.1. The van der Waals surface area contributed by atoms with Gasteiger partial charge in [-0.05, 0) is 29.3 Å². The highest BCUT2D eigenvalue weighted by Crippen LogP contribution is 2.26. The lowest BCUT2D eigenvalue weighted by atomic mass is 9.92. The molecule has 0 saturated carbocycles. The molecule has 0 spiro atoms. The number of pyridine rings is 1. The zero-order chi connectivity index (χ0) is 13.8. The van der Waals surface area contributed by atoms with E-state index in [1.807, 2.05) is 53.4 Å². The lowest BCUT2D eigenvalue weighted by Crippen LogP contribution is -2.47. The van der Waals surface area contributed by atoms with E-state index in [9.17, 15) is 4.79 Å². The molecule has 0 N–H and O–H groups in total. The van der Waals surface area contributed by atoms with Crippen LogP contribution >= 0.6 is 0 Å². The maximum atomic E-state index is 12.0. The molecule has 100 valence electrons. The van der Waals surface area contributed by atoms with Gasteiger partial charge in [-0.25, -0.2) is 0 Å². The summed E-state index contributed by atoms with van der Waals surface area (Å²) in [6, 6.07) is 13.9. The molecule has 2 aromatic rings. The Kier molecular flexibility index (Phi) is 3.59. The number of aromatic nitrogens is 1. The summed E-state index contributed by atoms with van der Waals surface area (Å²) in [5.41, 5.74) is 2.31. The second-order valence-corrected chi connectivity index (χ2v) is 4.96. The van der Waals surface area contributed by atoms with E-state index in [1.54, 1.807) is 18.5 Å². The number of hydrogen-bond acceptors (Lipinski definition) is 2. The first kappa shape index (κ1) is 12.6. The molecule has 20 heavy (non-hydrogen) atoms. The number of likely N-dealkylation sites (tertiary alicyclic amines) is 1. The maximum Gasteiger partial charge on any atom is 0.246 e. The van der Waals surface area contributed by atoms with E-state index >= 15 is 0 Å². The maximum absolute atomic E-state index is 12.0. The van der Waals surface area contributed by atoms with Crippen LogP contribution in [0.15, 0.2) is 60.9 Å². The highest BCUT2D eigenvalue weighted by Gasteiger charge is 2.30. The Balaban J connectivity index is 1.55. The van der Waals surface area contributed by atoms with E-state index in [0.29, 0.717) is 5.92 Å². The first-order valence-electron chi connectivity index (χ1n) is 6.75. The number of carbonyl (C=O) groups is 1. The minimum Gasteiger partial charge on any atom is -0.338 e. The molecule has 1 amide bonds. The van der Waals surface area contributed by atoms with Crippen molar-refractivity contribution in [3.63, 3.8) is 0 Å². The van der Waals surface area contributed by atoms with Crippen LogP contribution in [-0.2, 0) is 4.79 Å². The molecular weight excluding hydrogens is 248 g/mol. The van der Waals surface area contributed by atoms with Gasteiger partial charge < -0.3 is 4.90 Å².